The van der Waals surface area contributed by atoms with Crippen LogP contribution >= 0.6 is 15.9 Å². The Labute approximate surface area is 227 Å². The van der Waals surface area contributed by atoms with Gasteiger partial charge in [-0.25, -0.2) is 9.97 Å². The first-order valence-electron chi connectivity index (χ1n) is 12.6. The van der Waals surface area contributed by atoms with Crippen LogP contribution in [-0.4, -0.2) is 14.5 Å². The summed E-state index contributed by atoms with van der Waals surface area (Å²) in [5, 5.41) is 8.29. The average molecular weight is 550 g/mol. The Morgan fingerprint density at radius 1 is 0.526 bits per heavy atom. The largest absolute Gasteiger partial charge is 0.278 e. The van der Waals surface area contributed by atoms with E-state index in [0.29, 0.717) is 5.95 Å². The summed E-state index contributed by atoms with van der Waals surface area (Å²) in [6.07, 6.45) is 0. The molecule has 0 fully saturated rings. The zero-order valence-corrected chi connectivity index (χ0v) is 21.9. The summed E-state index contributed by atoms with van der Waals surface area (Å²) in [6, 6.07) is 42.7. The molecule has 6 aromatic carbocycles. The summed E-state index contributed by atoms with van der Waals surface area (Å²) in [7, 11) is 0. The second kappa shape index (κ2) is 8.23. The first-order chi connectivity index (χ1) is 18.7. The smallest absolute Gasteiger partial charge is 0.235 e. The molecule has 0 unspecified atom stereocenters. The lowest BCUT2D eigenvalue weighted by Crippen LogP contribution is -2.03. The molecule has 8 aromatic rings. The molecule has 0 aliphatic carbocycles. The maximum atomic E-state index is 5.26. The van der Waals surface area contributed by atoms with Gasteiger partial charge in [-0.05, 0) is 57.9 Å². The van der Waals surface area contributed by atoms with Gasteiger partial charge in [0.05, 0.1) is 22.2 Å². The monoisotopic (exact) mass is 549 g/mol. The fraction of sp³-hybridized carbons (Fsp3) is 0. The van der Waals surface area contributed by atoms with Crippen LogP contribution in [0.15, 0.2) is 126 Å². The molecule has 0 aliphatic heterocycles. The predicted octanol–water partition coefficient (Wildman–Crippen LogP) is 9.46. The number of benzene rings is 6. The van der Waals surface area contributed by atoms with Crippen molar-refractivity contribution in [2.45, 2.75) is 0 Å². The van der Waals surface area contributed by atoms with E-state index in [9.17, 15) is 0 Å². The maximum absolute atomic E-state index is 5.26. The van der Waals surface area contributed by atoms with E-state index in [1.54, 1.807) is 0 Å². The van der Waals surface area contributed by atoms with Crippen molar-refractivity contribution < 1.29 is 0 Å². The molecule has 178 valence electrons. The molecule has 38 heavy (non-hydrogen) atoms. The van der Waals surface area contributed by atoms with Crippen LogP contribution in [0.5, 0.6) is 0 Å². The fourth-order valence-electron chi connectivity index (χ4n) is 5.70. The summed E-state index contributed by atoms with van der Waals surface area (Å²) < 4.78 is 3.29. The lowest BCUT2D eigenvalue weighted by Gasteiger charge is -2.12. The van der Waals surface area contributed by atoms with E-state index in [0.717, 1.165) is 37.7 Å². The number of aromatic nitrogens is 3. The van der Waals surface area contributed by atoms with E-state index >= 15 is 0 Å². The van der Waals surface area contributed by atoms with Crippen LogP contribution in [0, 0.1) is 0 Å². The van der Waals surface area contributed by atoms with Gasteiger partial charge < -0.3 is 0 Å². The number of rotatable bonds is 2. The van der Waals surface area contributed by atoms with Crippen LogP contribution < -0.4 is 0 Å². The molecule has 0 radical (unpaired) electrons. The minimum atomic E-state index is 0.675. The molecule has 0 atom stereocenters. The van der Waals surface area contributed by atoms with Crippen molar-refractivity contribution in [3.63, 3.8) is 0 Å². The van der Waals surface area contributed by atoms with Gasteiger partial charge in [-0.3, -0.25) is 4.57 Å². The second-order valence-electron chi connectivity index (χ2n) is 9.63. The van der Waals surface area contributed by atoms with Gasteiger partial charge in [0.2, 0.25) is 5.95 Å². The third-order valence-corrected chi connectivity index (χ3v) is 7.92. The second-order valence-corrected chi connectivity index (χ2v) is 10.5. The number of hydrogen-bond donors (Lipinski definition) is 0. The Morgan fingerprint density at radius 2 is 1.29 bits per heavy atom. The number of halogens is 1. The lowest BCUT2D eigenvalue weighted by atomic mass is 10.0. The summed E-state index contributed by atoms with van der Waals surface area (Å²) >= 11 is 3.63. The highest BCUT2D eigenvalue weighted by molar-refractivity contribution is 9.10. The summed E-state index contributed by atoms with van der Waals surface area (Å²) in [5.74, 6) is 0.675. The third-order valence-electron chi connectivity index (χ3n) is 7.43. The number of fused-ring (bicyclic) bond motifs is 7. The van der Waals surface area contributed by atoms with E-state index in [-0.39, 0.29) is 0 Å². The van der Waals surface area contributed by atoms with Crippen molar-refractivity contribution in [1.29, 1.82) is 0 Å². The molecular formula is C34H20BrN3. The van der Waals surface area contributed by atoms with Crippen molar-refractivity contribution >= 4 is 70.2 Å². The van der Waals surface area contributed by atoms with Crippen LogP contribution in [0.2, 0.25) is 0 Å². The summed E-state index contributed by atoms with van der Waals surface area (Å²) in [5.41, 5.74) is 5.14. The average Bonchev–Trinajstić information content (AvgIpc) is 3.31. The molecule has 2 heterocycles. The van der Waals surface area contributed by atoms with Crippen molar-refractivity contribution in [1.82, 2.24) is 14.5 Å². The standard InChI is InChI=1S/C34H20BrN3/c35-25-16-17-26-23(20-25)15-18-31-32(26)28-10-4-6-12-30(28)38(31)34-36-29-11-5-3-9-27(29)33(37-34)24-14-13-21-7-1-2-8-22(21)19-24/h1-20H. The highest BCUT2D eigenvalue weighted by Crippen LogP contribution is 2.38. The zero-order chi connectivity index (χ0) is 25.2. The molecule has 0 bridgehead atoms. The predicted molar refractivity (Wildman–Crippen MR) is 162 cm³/mol. The van der Waals surface area contributed by atoms with Gasteiger partial charge in [0.25, 0.3) is 0 Å². The maximum Gasteiger partial charge on any atom is 0.235 e. The molecule has 0 spiro atoms. The molecule has 8 rings (SSSR count). The summed E-state index contributed by atoms with van der Waals surface area (Å²) in [4.78, 5) is 10.4. The van der Waals surface area contributed by atoms with Crippen molar-refractivity contribution in [3.05, 3.63) is 126 Å². The van der Waals surface area contributed by atoms with Gasteiger partial charge in [-0.15, -0.1) is 0 Å². The van der Waals surface area contributed by atoms with Gasteiger partial charge in [0, 0.05) is 26.2 Å². The van der Waals surface area contributed by atoms with Crippen molar-refractivity contribution in [2.75, 3.05) is 0 Å². The molecule has 3 nitrogen and oxygen atoms in total. The Kier molecular flexibility index (Phi) is 4.67. The SMILES string of the molecule is Brc1ccc2c(ccc3c2c2ccccc2n3-c2nc(-c3ccc4ccccc4c3)c3ccccc3n2)c1. The molecule has 0 saturated heterocycles. The van der Waals surface area contributed by atoms with Crippen LogP contribution in [0.4, 0.5) is 0 Å². The zero-order valence-electron chi connectivity index (χ0n) is 20.3. The van der Waals surface area contributed by atoms with Gasteiger partial charge in [0.1, 0.15) is 0 Å². The van der Waals surface area contributed by atoms with Gasteiger partial charge in [0.15, 0.2) is 0 Å². The highest BCUT2D eigenvalue weighted by Gasteiger charge is 2.18. The van der Waals surface area contributed by atoms with Crippen LogP contribution in [0.25, 0.3) is 71.5 Å². The highest BCUT2D eigenvalue weighted by atomic mass is 79.9. The Bertz CT molecular complexity index is 2210. The van der Waals surface area contributed by atoms with Crippen LogP contribution in [0.1, 0.15) is 0 Å². The minimum Gasteiger partial charge on any atom is -0.278 e. The first-order valence-corrected chi connectivity index (χ1v) is 13.4. The number of hydrogen-bond acceptors (Lipinski definition) is 2. The molecule has 0 amide bonds. The van der Waals surface area contributed by atoms with Crippen molar-refractivity contribution in [2.24, 2.45) is 0 Å². The lowest BCUT2D eigenvalue weighted by molar-refractivity contribution is 1.01. The fourth-order valence-corrected chi connectivity index (χ4v) is 6.08. The summed E-state index contributed by atoms with van der Waals surface area (Å²) in [6.45, 7) is 0. The van der Waals surface area contributed by atoms with E-state index in [4.69, 9.17) is 9.97 Å². The quantitative estimate of drug-likeness (QED) is 0.215. The third kappa shape index (κ3) is 3.20. The molecular weight excluding hydrogens is 530 g/mol. The molecule has 0 N–H and O–H groups in total. The van der Waals surface area contributed by atoms with Crippen LogP contribution in [-0.2, 0) is 0 Å². The Hall–Kier alpha value is -4.54. The Balaban J connectivity index is 1.48. The molecule has 2 aromatic heterocycles. The molecule has 4 heteroatoms. The normalized spacial score (nSPS) is 11.8. The minimum absolute atomic E-state index is 0.675. The molecule has 0 aliphatic rings. The molecule has 0 saturated carbocycles. The number of para-hydroxylation sites is 2. The Morgan fingerprint density at radius 3 is 2.21 bits per heavy atom. The van der Waals surface area contributed by atoms with E-state index in [2.05, 4.69) is 136 Å². The first kappa shape index (κ1) is 21.5. The topological polar surface area (TPSA) is 30.7 Å². The van der Waals surface area contributed by atoms with Crippen molar-refractivity contribution in [3.8, 4) is 17.2 Å². The number of nitrogens with zero attached hydrogens (tertiary/aromatic N) is 3. The van der Waals surface area contributed by atoms with Gasteiger partial charge in [-0.2, -0.15) is 0 Å². The van der Waals surface area contributed by atoms with Crippen LogP contribution in [0.3, 0.4) is 0 Å². The van der Waals surface area contributed by atoms with E-state index < -0.39 is 0 Å². The van der Waals surface area contributed by atoms with Gasteiger partial charge in [-0.1, -0.05) is 101 Å². The van der Waals surface area contributed by atoms with E-state index in [1.807, 2.05) is 6.07 Å². The van der Waals surface area contributed by atoms with Gasteiger partial charge >= 0.3 is 0 Å². The van der Waals surface area contributed by atoms with E-state index in [1.165, 1.54) is 32.3 Å².